The molecule has 2 aliphatic rings. The molecule has 11 heteroatoms. The molecule has 2 N–H and O–H groups in total. The van der Waals surface area contributed by atoms with E-state index in [1.54, 1.807) is 17.0 Å². The van der Waals surface area contributed by atoms with Crippen molar-refractivity contribution < 1.29 is 22.8 Å². The lowest BCUT2D eigenvalue weighted by Gasteiger charge is -2.24. The maximum atomic E-state index is 13.8. The van der Waals surface area contributed by atoms with E-state index in [1.807, 2.05) is 71.9 Å². The van der Waals surface area contributed by atoms with E-state index in [2.05, 4.69) is 0 Å². The number of amides is 2. The Kier molecular flexibility index (Phi) is 6.59. The normalized spacial score (nSPS) is 21.4. The van der Waals surface area contributed by atoms with Crippen molar-refractivity contribution in [2.75, 3.05) is 17.3 Å². The lowest BCUT2D eigenvalue weighted by molar-refractivity contribution is -0.167. The van der Waals surface area contributed by atoms with Crippen LogP contribution in [0, 0.1) is 4.78 Å². The molecule has 3 aromatic carbocycles. The highest BCUT2D eigenvalue weighted by Gasteiger charge is 2.44. The van der Waals surface area contributed by atoms with Gasteiger partial charge in [0.15, 0.2) is 0 Å². The van der Waals surface area contributed by atoms with Crippen LogP contribution in [0.2, 0.25) is 0 Å². The van der Waals surface area contributed by atoms with Gasteiger partial charge >= 0.3 is 12.1 Å². The number of benzene rings is 3. The second-order valence-corrected chi connectivity index (χ2v) is 11.0. The number of nitrogens with one attached hydrogen (secondary N) is 2. The van der Waals surface area contributed by atoms with Crippen LogP contribution in [0.4, 0.5) is 24.5 Å². The number of anilines is 2. The highest BCUT2D eigenvalue weighted by molar-refractivity contribution is 8.05. The van der Waals surface area contributed by atoms with E-state index in [0.717, 1.165) is 16.1 Å². The molecule has 0 saturated carbocycles. The minimum Gasteiger partial charge on any atom is -0.337 e. The van der Waals surface area contributed by atoms with Gasteiger partial charge in [-0.05, 0) is 46.1 Å². The third-order valence-electron chi connectivity index (χ3n) is 6.02. The lowest BCUT2D eigenvalue weighted by atomic mass is 10.1. The molecular formula is C26H21F3N4O2S2. The fourth-order valence-electron chi connectivity index (χ4n) is 4.24. The van der Waals surface area contributed by atoms with Crippen LogP contribution in [0.1, 0.15) is 16.5 Å². The average molecular weight is 543 g/mol. The zero-order valence-electron chi connectivity index (χ0n) is 19.5. The molecule has 0 aromatic heterocycles. The number of para-hydroxylation sites is 1. The summed E-state index contributed by atoms with van der Waals surface area (Å²) in [6, 6.07) is 23.1. The van der Waals surface area contributed by atoms with Crippen molar-refractivity contribution in [2.24, 2.45) is 0 Å². The highest BCUT2D eigenvalue weighted by Crippen LogP contribution is 2.50. The van der Waals surface area contributed by atoms with Gasteiger partial charge in [-0.1, -0.05) is 66.4 Å². The third-order valence-corrected chi connectivity index (χ3v) is 9.17. The smallest absolute Gasteiger partial charge is 0.337 e. The Morgan fingerprint density at radius 2 is 1.68 bits per heavy atom. The van der Waals surface area contributed by atoms with Gasteiger partial charge in [0, 0.05) is 24.2 Å². The van der Waals surface area contributed by atoms with Crippen LogP contribution in [-0.4, -0.2) is 29.9 Å². The zero-order valence-corrected chi connectivity index (χ0v) is 21.1. The first-order valence-corrected chi connectivity index (χ1v) is 13.3. The predicted molar refractivity (Wildman–Crippen MR) is 139 cm³/mol. The standard InChI is InChI=1S/C26H21F3N4O2S2/c1-32-19-9-5-6-10-20(19)36-23(32)21-22(34)33(15-16-7-3-2-4-8-16)24(37(21)30)17-11-13-18(14-12-17)31-25(35)26(27,28)29/h2-14,24,30H,15H2,1H3,(H,31,35). The first-order valence-electron chi connectivity index (χ1n) is 11.2. The molecular weight excluding hydrogens is 521 g/mol. The summed E-state index contributed by atoms with van der Waals surface area (Å²) in [7, 11) is 0.586. The zero-order chi connectivity index (χ0) is 26.3. The molecule has 1 fully saturated rings. The number of rotatable bonds is 4. The van der Waals surface area contributed by atoms with E-state index in [1.165, 1.54) is 23.9 Å². The fraction of sp³-hybridized carbons (Fsp3) is 0.154. The Morgan fingerprint density at radius 1 is 1.03 bits per heavy atom. The quantitative estimate of drug-likeness (QED) is 0.396. The van der Waals surface area contributed by atoms with Gasteiger partial charge in [-0.2, -0.15) is 13.2 Å². The van der Waals surface area contributed by atoms with Crippen molar-refractivity contribution in [1.82, 2.24) is 4.90 Å². The topological polar surface area (TPSA) is 76.5 Å². The van der Waals surface area contributed by atoms with Crippen molar-refractivity contribution in [1.29, 1.82) is 4.78 Å². The molecule has 6 nitrogen and oxygen atoms in total. The summed E-state index contributed by atoms with van der Waals surface area (Å²) >= 11 is 1.46. The van der Waals surface area contributed by atoms with E-state index in [9.17, 15) is 22.8 Å². The van der Waals surface area contributed by atoms with Crippen LogP contribution in [0.15, 0.2) is 93.7 Å². The van der Waals surface area contributed by atoms with Crippen LogP contribution < -0.4 is 10.2 Å². The molecule has 0 spiro atoms. The molecule has 0 radical (unpaired) electrons. The molecule has 190 valence electrons. The molecule has 37 heavy (non-hydrogen) atoms. The minimum atomic E-state index is -5.00. The first kappa shape index (κ1) is 25.1. The van der Waals surface area contributed by atoms with E-state index < -0.39 is 28.1 Å². The first-order chi connectivity index (χ1) is 17.6. The third kappa shape index (κ3) is 4.76. The van der Waals surface area contributed by atoms with Gasteiger partial charge in [-0.3, -0.25) is 14.4 Å². The van der Waals surface area contributed by atoms with Crippen molar-refractivity contribution in [2.45, 2.75) is 23.0 Å². The Bertz CT molecular complexity index is 1430. The van der Waals surface area contributed by atoms with Crippen LogP contribution in [0.25, 0.3) is 0 Å². The molecule has 2 atom stereocenters. The molecule has 5 rings (SSSR count). The number of thioether (sulfide) groups is 1. The predicted octanol–water partition coefficient (Wildman–Crippen LogP) is 6.02. The summed E-state index contributed by atoms with van der Waals surface area (Å²) in [5, 5.41) is 1.90. The van der Waals surface area contributed by atoms with Gasteiger partial charge in [-0.15, -0.1) is 0 Å². The van der Waals surface area contributed by atoms with Gasteiger partial charge in [0.1, 0.15) is 15.3 Å². The Hall–Kier alpha value is -3.57. The van der Waals surface area contributed by atoms with Crippen LogP contribution >= 0.6 is 11.8 Å². The number of halogens is 3. The molecule has 0 bridgehead atoms. The molecule has 0 aliphatic carbocycles. The van der Waals surface area contributed by atoms with E-state index in [0.29, 0.717) is 15.5 Å². The van der Waals surface area contributed by atoms with Crippen LogP contribution in [0.3, 0.4) is 0 Å². The molecule has 1 saturated heterocycles. The van der Waals surface area contributed by atoms with Gasteiger partial charge in [0.2, 0.25) is 0 Å². The Morgan fingerprint density at radius 3 is 2.32 bits per heavy atom. The highest BCUT2D eigenvalue weighted by atomic mass is 32.2. The van der Waals surface area contributed by atoms with Crippen molar-refractivity contribution in [3.8, 4) is 0 Å². The van der Waals surface area contributed by atoms with Gasteiger partial charge in [-0.25, -0.2) is 0 Å². The maximum Gasteiger partial charge on any atom is 0.471 e. The summed E-state index contributed by atoms with van der Waals surface area (Å²) < 4.78 is 47.1. The minimum absolute atomic E-state index is 0.0185. The van der Waals surface area contributed by atoms with Crippen molar-refractivity contribution in [3.05, 3.63) is 99.9 Å². The fourth-order valence-corrected chi connectivity index (χ4v) is 7.42. The van der Waals surface area contributed by atoms with E-state index in [4.69, 9.17) is 4.78 Å². The van der Waals surface area contributed by atoms with Gasteiger partial charge in [0.25, 0.3) is 5.91 Å². The largest absolute Gasteiger partial charge is 0.471 e. The van der Waals surface area contributed by atoms with Gasteiger partial charge in [0.05, 0.1) is 5.69 Å². The summed E-state index contributed by atoms with van der Waals surface area (Å²) in [6.45, 7) is 0.275. The SMILES string of the molecule is CN1C(=C2C(=O)N(Cc3ccccc3)C(c3ccc(NC(=O)C(F)(F)F)cc3)S2=N)Sc2ccccc21. The van der Waals surface area contributed by atoms with E-state index >= 15 is 0 Å². The second-order valence-electron chi connectivity index (χ2n) is 8.45. The van der Waals surface area contributed by atoms with E-state index in [-0.39, 0.29) is 18.1 Å². The molecule has 2 aliphatic heterocycles. The van der Waals surface area contributed by atoms with Crippen molar-refractivity contribution >= 4 is 45.6 Å². The van der Waals surface area contributed by atoms with Gasteiger partial charge < -0.3 is 15.1 Å². The Balaban J connectivity index is 1.52. The number of carbonyl (C=O) groups is 2. The summed E-state index contributed by atoms with van der Waals surface area (Å²) in [5.41, 5.74) is 2.44. The molecule has 2 amide bonds. The van der Waals surface area contributed by atoms with Crippen LogP contribution in [0.5, 0.6) is 0 Å². The molecule has 2 unspecified atom stereocenters. The maximum absolute atomic E-state index is 13.8. The number of alkyl halides is 3. The summed E-state index contributed by atoms with van der Waals surface area (Å²) in [4.78, 5) is 30.1. The monoisotopic (exact) mass is 542 g/mol. The average Bonchev–Trinajstić information content (AvgIpc) is 3.32. The number of nitrogens with zero attached hydrogens (tertiary/aromatic N) is 2. The number of fused-ring (bicyclic) bond motifs is 1. The number of hydrogen-bond acceptors (Lipinski definition) is 5. The number of carbonyl (C=O) groups excluding carboxylic acids is 2. The molecule has 3 aromatic rings. The lowest BCUT2D eigenvalue weighted by Crippen LogP contribution is -2.30. The molecule has 2 heterocycles. The summed E-state index contributed by atoms with van der Waals surface area (Å²) in [6.07, 6.45) is -5.00. The second kappa shape index (κ2) is 9.71. The Labute approximate surface area is 218 Å². The van der Waals surface area contributed by atoms with Crippen LogP contribution in [-0.2, 0) is 26.8 Å². The number of hydrogen-bond donors (Lipinski definition) is 2. The summed E-state index contributed by atoms with van der Waals surface area (Å²) in [5.74, 6) is -2.31. The van der Waals surface area contributed by atoms with Crippen molar-refractivity contribution in [3.63, 3.8) is 0 Å².